The average Bonchev–Trinajstić information content (AvgIpc) is 3.33. The number of unbranched alkanes of at least 4 members (excludes halogenated alkanes) is 3. The fraction of sp³-hybridized carbons (Fsp3) is 0.407. The minimum absolute atomic E-state index is 0.776. The first kappa shape index (κ1) is 19.8. The summed E-state index contributed by atoms with van der Waals surface area (Å²) in [5.74, 6) is 1.59. The van der Waals surface area contributed by atoms with E-state index < -0.39 is 0 Å². The lowest BCUT2D eigenvalue weighted by molar-refractivity contribution is 0.665. The van der Waals surface area contributed by atoms with Crippen LogP contribution in [0.15, 0.2) is 60.9 Å². The molecule has 0 aliphatic heterocycles. The zero-order valence-electron chi connectivity index (χ0n) is 17.6. The molecular weight excluding hydrogens is 352 g/mol. The Kier molecular flexibility index (Phi) is 6.71. The maximum absolute atomic E-state index is 4.59. The summed E-state index contributed by atoms with van der Waals surface area (Å²) in [4.78, 5) is 9.19. The highest BCUT2D eigenvalue weighted by Crippen LogP contribution is 2.35. The van der Waals surface area contributed by atoms with Crippen molar-refractivity contribution in [2.24, 2.45) is 0 Å². The molecule has 150 valence electrons. The highest BCUT2D eigenvalue weighted by Gasteiger charge is 2.16. The predicted molar refractivity (Wildman–Crippen MR) is 122 cm³/mol. The molecule has 3 aromatic rings. The minimum Gasteiger partial charge on any atom is -0.236 e. The number of aromatic nitrogens is 2. The normalized spacial score (nSPS) is 14.4. The molecular formula is C27H32N2. The van der Waals surface area contributed by atoms with Crippen LogP contribution in [-0.2, 0) is 6.42 Å². The van der Waals surface area contributed by atoms with Crippen molar-refractivity contribution in [1.82, 2.24) is 9.97 Å². The molecule has 1 heterocycles. The van der Waals surface area contributed by atoms with Gasteiger partial charge < -0.3 is 0 Å². The summed E-state index contributed by atoms with van der Waals surface area (Å²) in [6.07, 6.45) is 15.6. The van der Waals surface area contributed by atoms with Gasteiger partial charge in [0.2, 0.25) is 0 Å². The molecule has 0 bridgehead atoms. The van der Waals surface area contributed by atoms with Crippen molar-refractivity contribution in [3.05, 3.63) is 72.1 Å². The van der Waals surface area contributed by atoms with Gasteiger partial charge in [0.15, 0.2) is 5.82 Å². The van der Waals surface area contributed by atoms with Crippen molar-refractivity contribution >= 4 is 0 Å². The van der Waals surface area contributed by atoms with Gasteiger partial charge in [0.25, 0.3) is 0 Å². The van der Waals surface area contributed by atoms with Crippen LogP contribution in [-0.4, -0.2) is 9.97 Å². The Morgan fingerprint density at radius 1 is 0.724 bits per heavy atom. The van der Waals surface area contributed by atoms with Gasteiger partial charge in [-0.15, -0.1) is 0 Å². The Labute approximate surface area is 175 Å². The van der Waals surface area contributed by atoms with E-state index in [2.05, 4.69) is 65.4 Å². The van der Waals surface area contributed by atoms with Crippen LogP contribution in [0.3, 0.4) is 0 Å². The summed E-state index contributed by atoms with van der Waals surface area (Å²) in [5, 5.41) is 0. The summed E-state index contributed by atoms with van der Waals surface area (Å²) in [5.41, 5.74) is 6.35. The largest absolute Gasteiger partial charge is 0.236 e. The predicted octanol–water partition coefficient (Wildman–Crippen LogP) is 7.59. The maximum Gasteiger partial charge on any atom is 0.159 e. The molecule has 4 rings (SSSR count). The summed E-state index contributed by atoms with van der Waals surface area (Å²) >= 11 is 0. The Morgan fingerprint density at radius 3 is 1.93 bits per heavy atom. The van der Waals surface area contributed by atoms with E-state index in [0.717, 1.165) is 23.7 Å². The van der Waals surface area contributed by atoms with E-state index >= 15 is 0 Å². The Morgan fingerprint density at radius 2 is 1.31 bits per heavy atom. The molecule has 0 atom stereocenters. The van der Waals surface area contributed by atoms with E-state index in [1.807, 2.05) is 12.4 Å². The SMILES string of the molecule is CCCCCCc1cnc(-c2ccc(-c3ccc(C4CCCC4)cc3)cc2)nc1. The van der Waals surface area contributed by atoms with Gasteiger partial charge >= 0.3 is 0 Å². The maximum atomic E-state index is 4.59. The highest BCUT2D eigenvalue weighted by molar-refractivity contribution is 5.68. The first-order valence-electron chi connectivity index (χ1n) is 11.3. The van der Waals surface area contributed by atoms with Gasteiger partial charge in [0, 0.05) is 18.0 Å². The van der Waals surface area contributed by atoms with Crippen molar-refractivity contribution in [3.63, 3.8) is 0 Å². The highest BCUT2D eigenvalue weighted by atomic mass is 14.9. The number of rotatable bonds is 8. The van der Waals surface area contributed by atoms with Gasteiger partial charge in [-0.2, -0.15) is 0 Å². The van der Waals surface area contributed by atoms with Crippen LogP contribution in [0.4, 0.5) is 0 Å². The molecule has 1 fully saturated rings. The van der Waals surface area contributed by atoms with Gasteiger partial charge in [0.05, 0.1) is 0 Å². The van der Waals surface area contributed by atoms with Crippen LogP contribution in [0.1, 0.15) is 75.3 Å². The second kappa shape index (κ2) is 9.82. The third-order valence-electron chi connectivity index (χ3n) is 6.24. The topological polar surface area (TPSA) is 25.8 Å². The lowest BCUT2D eigenvalue weighted by Crippen LogP contribution is -1.93. The standard InChI is InChI=1S/C27H32N2/c1-2-3-4-5-8-21-19-28-27(29-20-21)26-17-15-25(16-18-26)24-13-11-23(12-14-24)22-9-6-7-10-22/h11-20,22H,2-10H2,1H3. The van der Waals surface area contributed by atoms with Crippen LogP contribution >= 0.6 is 0 Å². The summed E-state index contributed by atoms with van der Waals surface area (Å²) in [6.45, 7) is 2.24. The molecule has 0 saturated heterocycles. The van der Waals surface area contributed by atoms with Crippen LogP contribution in [0.2, 0.25) is 0 Å². The fourth-order valence-electron chi connectivity index (χ4n) is 4.41. The summed E-state index contributed by atoms with van der Waals surface area (Å²) < 4.78 is 0. The number of nitrogens with zero attached hydrogens (tertiary/aromatic N) is 2. The van der Waals surface area contributed by atoms with Crippen molar-refractivity contribution in [3.8, 4) is 22.5 Å². The Balaban J connectivity index is 1.39. The number of hydrogen-bond acceptors (Lipinski definition) is 2. The van der Waals surface area contributed by atoms with Crippen LogP contribution in [0.25, 0.3) is 22.5 Å². The Bertz CT molecular complexity index is 873. The molecule has 2 nitrogen and oxygen atoms in total. The molecule has 1 aliphatic rings. The second-order valence-electron chi connectivity index (χ2n) is 8.41. The zero-order chi connectivity index (χ0) is 19.9. The molecule has 0 amide bonds. The van der Waals surface area contributed by atoms with Crippen molar-refractivity contribution in [2.75, 3.05) is 0 Å². The van der Waals surface area contributed by atoms with Gasteiger partial charge in [-0.1, -0.05) is 87.6 Å². The third-order valence-corrected chi connectivity index (χ3v) is 6.24. The zero-order valence-corrected chi connectivity index (χ0v) is 17.6. The molecule has 0 spiro atoms. The molecule has 0 N–H and O–H groups in total. The summed E-state index contributed by atoms with van der Waals surface area (Å²) in [7, 11) is 0. The smallest absolute Gasteiger partial charge is 0.159 e. The molecule has 0 unspecified atom stereocenters. The second-order valence-corrected chi connectivity index (χ2v) is 8.41. The van der Waals surface area contributed by atoms with E-state index in [9.17, 15) is 0 Å². The number of hydrogen-bond donors (Lipinski definition) is 0. The lowest BCUT2D eigenvalue weighted by atomic mass is 9.95. The first-order chi connectivity index (χ1) is 14.3. The number of benzene rings is 2. The van der Waals surface area contributed by atoms with Crippen molar-refractivity contribution in [1.29, 1.82) is 0 Å². The van der Waals surface area contributed by atoms with Gasteiger partial charge in [0.1, 0.15) is 0 Å². The monoisotopic (exact) mass is 384 g/mol. The molecule has 1 aliphatic carbocycles. The molecule has 0 radical (unpaired) electrons. The Hall–Kier alpha value is -2.48. The van der Waals surface area contributed by atoms with Crippen molar-refractivity contribution < 1.29 is 0 Å². The van der Waals surface area contributed by atoms with Gasteiger partial charge in [-0.25, -0.2) is 9.97 Å². The molecule has 1 saturated carbocycles. The van der Waals surface area contributed by atoms with Crippen LogP contribution < -0.4 is 0 Å². The van der Waals surface area contributed by atoms with E-state index in [1.165, 1.54) is 73.6 Å². The molecule has 1 aromatic heterocycles. The van der Waals surface area contributed by atoms with Crippen molar-refractivity contribution in [2.45, 2.75) is 70.6 Å². The van der Waals surface area contributed by atoms with Crippen LogP contribution in [0, 0.1) is 0 Å². The minimum atomic E-state index is 0.776. The van der Waals surface area contributed by atoms with E-state index in [1.54, 1.807) is 0 Å². The molecule has 2 heteroatoms. The van der Waals surface area contributed by atoms with Gasteiger partial charge in [-0.05, 0) is 53.9 Å². The average molecular weight is 385 g/mol. The van der Waals surface area contributed by atoms with Gasteiger partial charge in [-0.3, -0.25) is 0 Å². The molecule has 29 heavy (non-hydrogen) atoms. The van der Waals surface area contributed by atoms with E-state index in [4.69, 9.17) is 0 Å². The van der Waals surface area contributed by atoms with Crippen LogP contribution in [0.5, 0.6) is 0 Å². The fourth-order valence-corrected chi connectivity index (χ4v) is 4.41. The molecule has 2 aromatic carbocycles. The number of aryl methyl sites for hydroxylation is 1. The quantitative estimate of drug-likeness (QED) is 0.374. The third kappa shape index (κ3) is 5.12. The van der Waals surface area contributed by atoms with E-state index in [0.29, 0.717) is 0 Å². The lowest BCUT2D eigenvalue weighted by Gasteiger charge is -2.10. The van der Waals surface area contributed by atoms with E-state index in [-0.39, 0.29) is 0 Å². The summed E-state index contributed by atoms with van der Waals surface area (Å²) in [6, 6.07) is 17.8. The first-order valence-corrected chi connectivity index (χ1v) is 11.3.